The van der Waals surface area contributed by atoms with E-state index in [9.17, 15) is 4.79 Å². The highest BCUT2D eigenvalue weighted by Crippen LogP contribution is 2.34. The van der Waals surface area contributed by atoms with Crippen molar-refractivity contribution in [3.05, 3.63) is 58.1 Å². The Balaban J connectivity index is 2.06. The molecule has 102 valence electrons. The highest BCUT2D eigenvalue weighted by molar-refractivity contribution is 6.31. The van der Waals surface area contributed by atoms with E-state index in [0.717, 1.165) is 12.0 Å². The number of fused-ring (bicyclic) bond motifs is 1. The minimum absolute atomic E-state index is 0.107. The Morgan fingerprint density at radius 3 is 2.95 bits per heavy atom. The van der Waals surface area contributed by atoms with Gasteiger partial charge in [-0.05, 0) is 29.8 Å². The SMILES string of the molecule is COc1cccc(C(=O)c2cc(Cl)cc3c2OCC3)c1. The Bertz CT molecular complexity index is 679. The van der Waals surface area contributed by atoms with Gasteiger partial charge >= 0.3 is 0 Å². The molecule has 0 saturated carbocycles. The average Bonchev–Trinajstić information content (AvgIpc) is 2.93. The maximum absolute atomic E-state index is 12.6. The maximum Gasteiger partial charge on any atom is 0.196 e. The summed E-state index contributed by atoms with van der Waals surface area (Å²) in [4.78, 5) is 12.6. The molecule has 0 aromatic heterocycles. The highest BCUT2D eigenvalue weighted by atomic mass is 35.5. The molecule has 2 aromatic rings. The first-order valence-corrected chi connectivity index (χ1v) is 6.71. The molecule has 0 aliphatic carbocycles. The van der Waals surface area contributed by atoms with Crippen molar-refractivity contribution in [3.8, 4) is 11.5 Å². The van der Waals surface area contributed by atoms with Crippen molar-refractivity contribution in [2.75, 3.05) is 13.7 Å². The number of carbonyl (C=O) groups is 1. The quantitative estimate of drug-likeness (QED) is 0.811. The summed E-state index contributed by atoms with van der Waals surface area (Å²) >= 11 is 6.09. The molecule has 0 saturated heterocycles. The van der Waals surface area contributed by atoms with Crippen molar-refractivity contribution in [2.24, 2.45) is 0 Å². The molecule has 0 atom stereocenters. The van der Waals surface area contributed by atoms with Crippen LogP contribution in [0.4, 0.5) is 0 Å². The van der Waals surface area contributed by atoms with Gasteiger partial charge in [0.05, 0.1) is 19.3 Å². The van der Waals surface area contributed by atoms with Gasteiger partial charge in [0.25, 0.3) is 0 Å². The van der Waals surface area contributed by atoms with Crippen LogP contribution in [0.1, 0.15) is 21.5 Å². The third-order valence-electron chi connectivity index (χ3n) is 3.32. The van der Waals surface area contributed by atoms with Crippen LogP contribution in [0.3, 0.4) is 0 Å². The molecule has 1 aliphatic heterocycles. The van der Waals surface area contributed by atoms with E-state index in [-0.39, 0.29) is 5.78 Å². The standard InChI is InChI=1S/C16H13ClO3/c1-19-13-4-2-3-10(8-13)15(18)14-9-12(17)7-11-5-6-20-16(11)14/h2-4,7-9H,5-6H2,1H3. The smallest absolute Gasteiger partial charge is 0.196 e. The first-order valence-electron chi connectivity index (χ1n) is 6.33. The maximum atomic E-state index is 12.6. The Morgan fingerprint density at radius 1 is 1.30 bits per heavy atom. The number of ketones is 1. The zero-order valence-electron chi connectivity index (χ0n) is 11.0. The van der Waals surface area contributed by atoms with Gasteiger partial charge in [0.2, 0.25) is 0 Å². The fourth-order valence-electron chi connectivity index (χ4n) is 2.36. The Kier molecular flexibility index (Phi) is 3.36. The van der Waals surface area contributed by atoms with Crippen LogP contribution in [0.25, 0.3) is 0 Å². The topological polar surface area (TPSA) is 35.5 Å². The van der Waals surface area contributed by atoms with E-state index in [1.165, 1.54) is 0 Å². The third kappa shape index (κ3) is 2.25. The lowest BCUT2D eigenvalue weighted by Gasteiger charge is -2.09. The molecule has 0 radical (unpaired) electrons. The molecule has 1 aliphatic rings. The Hall–Kier alpha value is -2.00. The van der Waals surface area contributed by atoms with Gasteiger partial charge in [0.1, 0.15) is 11.5 Å². The molecule has 0 N–H and O–H groups in total. The number of ether oxygens (including phenoxy) is 2. The van der Waals surface area contributed by atoms with Gasteiger partial charge in [0, 0.05) is 17.0 Å². The Labute approximate surface area is 122 Å². The number of benzene rings is 2. The van der Waals surface area contributed by atoms with Gasteiger partial charge in [-0.15, -0.1) is 0 Å². The van der Waals surface area contributed by atoms with Crippen molar-refractivity contribution in [2.45, 2.75) is 6.42 Å². The van der Waals surface area contributed by atoms with Crippen LogP contribution in [0, 0.1) is 0 Å². The van der Waals surface area contributed by atoms with Gasteiger partial charge < -0.3 is 9.47 Å². The summed E-state index contributed by atoms with van der Waals surface area (Å²) in [5.74, 6) is 1.20. The minimum atomic E-state index is -0.107. The predicted molar refractivity (Wildman–Crippen MR) is 77.1 cm³/mol. The molecule has 4 heteroatoms. The Morgan fingerprint density at radius 2 is 2.15 bits per heavy atom. The summed E-state index contributed by atoms with van der Waals surface area (Å²) in [6.07, 6.45) is 0.786. The van der Waals surface area contributed by atoms with Crippen LogP contribution < -0.4 is 9.47 Å². The summed E-state index contributed by atoms with van der Waals surface area (Å²) in [5.41, 5.74) is 2.06. The molecule has 3 rings (SSSR count). The van der Waals surface area contributed by atoms with Crippen LogP contribution in [0.2, 0.25) is 5.02 Å². The second-order valence-electron chi connectivity index (χ2n) is 4.60. The lowest BCUT2D eigenvalue weighted by Crippen LogP contribution is -2.04. The van der Waals surface area contributed by atoms with E-state index in [1.807, 2.05) is 6.07 Å². The van der Waals surface area contributed by atoms with Gasteiger partial charge in [-0.2, -0.15) is 0 Å². The van der Waals surface area contributed by atoms with Gasteiger partial charge in [-0.25, -0.2) is 0 Å². The first-order chi connectivity index (χ1) is 9.69. The summed E-state index contributed by atoms with van der Waals surface area (Å²) < 4.78 is 10.7. The molecule has 1 heterocycles. The number of halogens is 1. The highest BCUT2D eigenvalue weighted by Gasteiger charge is 2.23. The molecule has 2 aromatic carbocycles. The largest absolute Gasteiger partial charge is 0.497 e. The lowest BCUT2D eigenvalue weighted by atomic mass is 9.99. The van der Waals surface area contributed by atoms with E-state index < -0.39 is 0 Å². The number of hydrogen-bond acceptors (Lipinski definition) is 3. The van der Waals surface area contributed by atoms with Crippen molar-refractivity contribution in [1.82, 2.24) is 0 Å². The number of rotatable bonds is 3. The van der Waals surface area contributed by atoms with E-state index in [1.54, 1.807) is 37.4 Å². The second kappa shape index (κ2) is 5.17. The van der Waals surface area contributed by atoms with Crippen molar-refractivity contribution in [1.29, 1.82) is 0 Å². The van der Waals surface area contributed by atoms with Crippen LogP contribution >= 0.6 is 11.6 Å². The van der Waals surface area contributed by atoms with E-state index >= 15 is 0 Å². The zero-order valence-corrected chi connectivity index (χ0v) is 11.7. The first kappa shape index (κ1) is 13.0. The minimum Gasteiger partial charge on any atom is -0.497 e. The van der Waals surface area contributed by atoms with Crippen LogP contribution in [0.15, 0.2) is 36.4 Å². The molecular formula is C16H13ClO3. The van der Waals surface area contributed by atoms with Crippen LogP contribution in [-0.2, 0) is 6.42 Å². The second-order valence-corrected chi connectivity index (χ2v) is 5.04. The van der Waals surface area contributed by atoms with Gasteiger partial charge in [-0.1, -0.05) is 23.7 Å². The summed E-state index contributed by atoms with van der Waals surface area (Å²) in [6.45, 7) is 0.591. The number of carbonyl (C=O) groups excluding carboxylic acids is 1. The monoisotopic (exact) mass is 288 g/mol. The fraction of sp³-hybridized carbons (Fsp3) is 0.188. The normalized spacial score (nSPS) is 12.7. The molecule has 0 amide bonds. The van der Waals surface area contributed by atoms with Crippen molar-refractivity contribution in [3.63, 3.8) is 0 Å². The van der Waals surface area contributed by atoms with Gasteiger partial charge in [0.15, 0.2) is 5.78 Å². The molecule has 0 unspecified atom stereocenters. The molecule has 0 fully saturated rings. The third-order valence-corrected chi connectivity index (χ3v) is 3.54. The average molecular weight is 289 g/mol. The van der Waals surface area contributed by atoms with E-state index in [0.29, 0.717) is 34.3 Å². The zero-order chi connectivity index (χ0) is 14.1. The van der Waals surface area contributed by atoms with Crippen LogP contribution in [-0.4, -0.2) is 19.5 Å². The molecule has 3 nitrogen and oxygen atoms in total. The predicted octanol–water partition coefficient (Wildman–Crippen LogP) is 3.51. The lowest BCUT2D eigenvalue weighted by molar-refractivity contribution is 0.103. The summed E-state index contributed by atoms with van der Waals surface area (Å²) in [6, 6.07) is 10.6. The number of methoxy groups -OCH3 is 1. The number of hydrogen-bond donors (Lipinski definition) is 0. The van der Waals surface area contributed by atoms with E-state index in [4.69, 9.17) is 21.1 Å². The molecular weight excluding hydrogens is 276 g/mol. The van der Waals surface area contributed by atoms with Crippen LogP contribution in [0.5, 0.6) is 11.5 Å². The molecule has 0 spiro atoms. The van der Waals surface area contributed by atoms with Crippen molar-refractivity contribution >= 4 is 17.4 Å². The summed E-state index contributed by atoms with van der Waals surface area (Å²) in [7, 11) is 1.57. The summed E-state index contributed by atoms with van der Waals surface area (Å²) in [5, 5.41) is 0.556. The fourth-order valence-corrected chi connectivity index (χ4v) is 2.60. The molecule has 20 heavy (non-hydrogen) atoms. The molecule has 0 bridgehead atoms. The van der Waals surface area contributed by atoms with E-state index in [2.05, 4.69) is 0 Å². The van der Waals surface area contributed by atoms with Gasteiger partial charge in [-0.3, -0.25) is 4.79 Å². The van der Waals surface area contributed by atoms with Crippen molar-refractivity contribution < 1.29 is 14.3 Å².